The molecule has 2 aliphatic rings. The van der Waals surface area contributed by atoms with Crippen LogP contribution >= 0.6 is 11.8 Å². The van der Waals surface area contributed by atoms with Crippen molar-refractivity contribution in [2.75, 3.05) is 26.8 Å². The molecule has 0 aliphatic carbocycles. The number of hydrogen-bond donors (Lipinski definition) is 1. The Morgan fingerprint density at radius 1 is 1.32 bits per heavy atom. The first-order valence-electron chi connectivity index (χ1n) is 9.34. The maximum Gasteiger partial charge on any atom is 0.294 e. The van der Waals surface area contributed by atoms with Crippen LogP contribution in [0.4, 0.5) is 4.79 Å². The molecule has 2 aliphatic heterocycles. The first kappa shape index (κ1) is 20.4. The van der Waals surface area contributed by atoms with Gasteiger partial charge in [0, 0.05) is 24.8 Å². The molecule has 0 spiro atoms. The molecule has 1 aromatic rings. The molecule has 7 nitrogen and oxygen atoms in total. The SMILES string of the molecule is COc1ccccc1C=C1SC(=O)N(CC(=O)N2CCCCC2CCO)C1=O. The fraction of sp³-hybridized carbons (Fsp3) is 0.450. The summed E-state index contributed by atoms with van der Waals surface area (Å²) >= 11 is 0.828. The Labute approximate surface area is 168 Å². The third-order valence-corrected chi connectivity index (χ3v) is 5.91. The van der Waals surface area contributed by atoms with E-state index in [1.807, 2.05) is 12.1 Å². The maximum absolute atomic E-state index is 12.7. The molecular formula is C20H24N2O5S. The largest absolute Gasteiger partial charge is 0.496 e. The summed E-state index contributed by atoms with van der Waals surface area (Å²) in [7, 11) is 1.54. The summed E-state index contributed by atoms with van der Waals surface area (Å²) in [6, 6.07) is 7.18. The number of thioether (sulfide) groups is 1. The Balaban J connectivity index is 1.73. The molecular weight excluding hydrogens is 380 g/mol. The molecule has 1 atom stereocenters. The lowest BCUT2D eigenvalue weighted by molar-refractivity contribution is -0.139. The number of aliphatic hydroxyl groups excluding tert-OH is 1. The number of likely N-dealkylation sites (tertiary alicyclic amines) is 1. The Morgan fingerprint density at radius 3 is 2.86 bits per heavy atom. The van der Waals surface area contributed by atoms with E-state index in [9.17, 15) is 19.5 Å². The molecule has 2 heterocycles. The molecule has 0 aromatic heterocycles. The molecule has 150 valence electrons. The molecule has 2 fully saturated rings. The second kappa shape index (κ2) is 9.25. The van der Waals surface area contributed by atoms with Crippen molar-refractivity contribution in [3.8, 4) is 5.75 Å². The van der Waals surface area contributed by atoms with E-state index in [-0.39, 0.29) is 30.0 Å². The lowest BCUT2D eigenvalue weighted by Crippen LogP contribution is -2.49. The quantitative estimate of drug-likeness (QED) is 0.733. The van der Waals surface area contributed by atoms with Gasteiger partial charge in [-0.2, -0.15) is 0 Å². The third kappa shape index (κ3) is 4.39. The van der Waals surface area contributed by atoms with E-state index in [0.29, 0.717) is 24.3 Å². The molecule has 0 radical (unpaired) electrons. The van der Waals surface area contributed by atoms with E-state index < -0.39 is 11.1 Å². The molecule has 0 saturated carbocycles. The Morgan fingerprint density at radius 2 is 2.11 bits per heavy atom. The minimum Gasteiger partial charge on any atom is -0.496 e. The number of hydrogen-bond acceptors (Lipinski definition) is 6. The van der Waals surface area contributed by atoms with Crippen LogP contribution in [-0.4, -0.2) is 64.8 Å². The molecule has 2 saturated heterocycles. The van der Waals surface area contributed by atoms with Gasteiger partial charge < -0.3 is 14.7 Å². The van der Waals surface area contributed by atoms with E-state index in [2.05, 4.69) is 0 Å². The van der Waals surface area contributed by atoms with Crippen LogP contribution in [0.15, 0.2) is 29.2 Å². The number of rotatable bonds is 6. The summed E-state index contributed by atoms with van der Waals surface area (Å²) in [5.74, 6) is -0.116. The third-order valence-electron chi connectivity index (χ3n) is 5.00. The van der Waals surface area contributed by atoms with Crippen LogP contribution in [0.3, 0.4) is 0 Å². The van der Waals surface area contributed by atoms with Gasteiger partial charge in [-0.25, -0.2) is 0 Å². The standard InChI is InChI=1S/C20H24N2O5S/c1-27-16-8-3-2-6-14(16)12-17-19(25)22(20(26)28-17)13-18(24)21-10-5-4-7-15(21)9-11-23/h2-3,6,8,12,15,23H,4-5,7,9-11,13H2,1H3. The molecule has 28 heavy (non-hydrogen) atoms. The molecule has 8 heteroatoms. The summed E-state index contributed by atoms with van der Waals surface area (Å²) < 4.78 is 5.28. The number of carbonyl (C=O) groups is 3. The zero-order valence-corrected chi connectivity index (χ0v) is 16.6. The zero-order valence-electron chi connectivity index (χ0n) is 15.8. The predicted octanol–water partition coefficient (Wildman–Crippen LogP) is 2.50. The van der Waals surface area contributed by atoms with Crippen LogP contribution in [0, 0.1) is 0 Å². The lowest BCUT2D eigenvalue weighted by atomic mass is 9.99. The van der Waals surface area contributed by atoms with Crippen LogP contribution < -0.4 is 4.74 Å². The van der Waals surface area contributed by atoms with Crippen molar-refractivity contribution in [1.29, 1.82) is 0 Å². The molecule has 3 amide bonds. The fourth-order valence-corrected chi connectivity index (χ4v) is 4.40. The normalized spacial score (nSPS) is 21.5. The minimum absolute atomic E-state index is 0.0116. The smallest absolute Gasteiger partial charge is 0.294 e. The van der Waals surface area contributed by atoms with E-state index in [1.165, 1.54) is 0 Å². The van der Waals surface area contributed by atoms with E-state index in [1.54, 1.807) is 30.2 Å². The van der Waals surface area contributed by atoms with Crippen molar-refractivity contribution < 1.29 is 24.2 Å². The van der Waals surface area contributed by atoms with Crippen molar-refractivity contribution in [2.45, 2.75) is 31.7 Å². The van der Waals surface area contributed by atoms with E-state index in [0.717, 1.165) is 35.9 Å². The average molecular weight is 404 g/mol. The summed E-state index contributed by atoms with van der Waals surface area (Å²) in [5.41, 5.74) is 0.695. The highest BCUT2D eigenvalue weighted by atomic mass is 32.2. The maximum atomic E-state index is 12.7. The molecule has 1 unspecified atom stereocenters. The van der Waals surface area contributed by atoms with Gasteiger partial charge in [-0.15, -0.1) is 0 Å². The number of carbonyl (C=O) groups excluding carboxylic acids is 3. The highest BCUT2D eigenvalue weighted by Gasteiger charge is 2.38. The number of aliphatic hydroxyl groups is 1. The summed E-state index contributed by atoms with van der Waals surface area (Å²) in [5, 5.41) is 8.78. The number of imide groups is 1. The molecule has 0 bridgehead atoms. The van der Waals surface area contributed by atoms with Gasteiger partial charge in [0.05, 0.1) is 12.0 Å². The number of amides is 3. The van der Waals surface area contributed by atoms with Crippen molar-refractivity contribution in [2.24, 2.45) is 0 Å². The number of methoxy groups -OCH3 is 1. The van der Waals surface area contributed by atoms with Gasteiger partial charge >= 0.3 is 0 Å². The van der Waals surface area contributed by atoms with Gasteiger partial charge in [-0.3, -0.25) is 19.3 Å². The number of benzene rings is 1. The van der Waals surface area contributed by atoms with E-state index in [4.69, 9.17) is 4.74 Å². The molecule has 1 N–H and O–H groups in total. The first-order valence-corrected chi connectivity index (χ1v) is 10.2. The monoisotopic (exact) mass is 404 g/mol. The van der Waals surface area contributed by atoms with Gasteiger partial charge in [0.15, 0.2) is 0 Å². The summed E-state index contributed by atoms with van der Waals surface area (Å²) in [4.78, 5) is 40.8. The van der Waals surface area contributed by atoms with Gasteiger partial charge in [0.2, 0.25) is 5.91 Å². The lowest BCUT2D eigenvalue weighted by Gasteiger charge is -2.36. The summed E-state index contributed by atoms with van der Waals surface area (Å²) in [6.07, 6.45) is 4.87. The van der Waals surface area contributed by atoms with Gasteiger partial charge in [-0.1, -0.05) is 18.2 Å². The van der Waals surface area contributed by atoms with E-state index >= 15 is 0 Å². The van der Waals surface area contributed by atoms with Gasteiger partial charge in [0.1, 0.15) is 12.3 Å². The topological polar surface area (TPSA) is 87.2 Å². The average Bonchev–Trinajstić information content (AvgIpc) is 2.96. The van der Waals surface area contributed by atoms with Crippen molar-refractivity contribution in [3.05, 3.63) is 34.7 Å². The zero-order chi connectivity index (χ0) is 20.1. The van der Waals surface area contributed by atoms with Gasteiger partial charge in [-0.05, 0) is 49.6 Å². The second-order valence-corrected chi connectivity index (χ2v) is 7.75. The van der Waals surface area contributed by atoms with Crippen LogP contribution in [0.25, 0.3) is 6.08 Å². The Hall–Kier alpha value is -2.32. The van der Waals surface area contributed by atoms with Crippen LogP contribution in [0.1, 0.15) is 31.2 Å². The first-order chi connectivity index (χ1) is 13.5. The highest BCUT2D eigenvalue weighted by molar-refractivity contribution is 8.18. The number of nitrogens with zero attached hydrogens (tertiary/aromatic N) is 2. The Kier molecular flexibility index (Phi) is 6.74. The van der Waals surface area contributed by atoms with Crippen molar-refractivity contribution in [1.82, 2.24) is 9.80 Å². The number of piperidine rings is 1. The predicted molar refractivity (Wildman–Crippen MR) is 107 cm³/mol. The molecule has 1 aromatic carbocycles. The van der Waals surface area contributed by atoms with Crippen LogP contribution in [-0.2, 0) is 9.59 Å². The van der Waals surface area contributed by atoms with Crippen LogP contribution in [0.5, 0.6) is 5.75 Å². The highest BCUT2D eigenvalue weighted by Crippen LogP contribution is 2.34. The molecule has 3 rings (SSSR count). The Bertz CT molecular complexity index is 793. The summed E-state index contributed by atoms with van der Waals surface area (Å²) in [6.45, 7) is 0.338. The second-order valence-electron chi connectivity index (χ2n) is 6.76. The number of para-hydroxylation sites is 1. The minimum atomic E-state index is -0.468. The van der Waals surface area contributed by atoms with Crippen molar-refractivity contribution >= 4 is 34.9 Å². The van der Waals surface area contributed by atoms with Crippen LogP contribution in [0.2, 0.25) is 0 Å². The number of ether oxygens (including phenoxy) is 1. The van der Waals surface area contributed by atoms with Crippen molar-refractivity contribution in [3.63, 3.8) is 0 Å². The van der Waals surface area contributed by atoms with Gasteiger partial charge in [0.25, 0.3) is 11.1 Å². The fourth-order valence-electron chi connectivity index (χ4n) is 3.57.